The number of aromatic nitrogens is 1. The molecule has 0 radical (unpaired) electrons. The normalized spacial score (nSPS) is 16.7. The Labute approximate surface area is 211 Å². The van der Waals surface area contributed by atoms with Gasteiger partial charge in [0.2, 0.25) is 11.8 Å². The zero-order valence-electron chi connectivity index (χ0n) is 20.1. The molecule has 0 aliphatic heterocycles. The average Bonchev–Trinajstić information content (AvgIpc) is 2.86. The van der Waals surface area contributed by atoms with Crippen LogP contribution >= 0.6 is 11.6 Å². The third kappa shape index (κ3) is 6.08. The van der Waals surface area contributed by atoms with E-state index in [0.717, 1.165) is 36.0 Å². The number of rotatable bonds is 8. The number of carbonyl (C=O) groups is 2. The van der Waals surface area contributed by atoms with Gasteiger partial charge in [-0.05, 0) is 73.8 Å². The Morgan fingerprint density at radius 3 is 2.63 bits per heavy atom. The smallest absolute Gasteiger partial charge is 0.242 e. The quantitative estimate of drug-likeness (QED) is 0.490. The Kier molecular flexibility index (Phi) is 8.16. The number of halogens is 1. The van der Waals surface area contributed by atoms with Crippen LogP contribution < -0.4 is 10.6 Å². The van der Waals surface area contributed by atoms with Crippen molar-refractivity contribution in [3.8, 4) is 0 Å². The highest BCUT2D eigenvalue weighted by atomic mass is 35.5. The fraction of sp³-hybridized carbons (Fsp3) is 0.321. The van der Waals surface area contributed by atoms with Crippen LogP contribution in [0.3, 0.4) is 0 Å². The molecule has 6 nitrogen and oxygen atoms in total. The summed E-state index contributed by atoms with van der Waals surface area (Å²) in [7, 11) is 3.71. The van der Waals surface area contributed by atoms with Crippen molar-refractivity contribution in [2.45, 2.75) is 37.3 Å². The van der Waals surface area contributed by atoms with E-state index < -0.39 is 12.1 Å². The topological polar surface area (TPSA) is 74.3 Å². The first kappa shape index (κ1) is 24.9. The fourth-order valence-electron chi connectivity index (χ4n) is 4.80. The summed E-state index contributed by atoms with van der Waals surface area (Å²) in [4.78, 5) is 32.7. The van der Waals surface area contributed by atoms with Gasteiger partial charge in [0.25, 0.3) is 0 Å². The number of amides is 2. The summed E-state index contributed by atoms with van der Waals surface area (Å²) < 4.78 is 0. The van der Waals surface area contributed by atoms with Gasteiger partial charge < -0.3 is 10.6 Å². The van der Waals surface area contributed by atoms with Crippen LogP contribution in [0.2, 0.25) is 5.02 Å². The van der Waals surface area contributed by atoms with Crippen LogP contribution in [0.4, 0.5) is 0 Å². The van der Waals surface area contributed by atoms with E-state index in [2.05, 4.69) is 21.7 Å². The van der Waals surface area contributed by atoms with Crippen molar-refractivity contribution in [1.82, 2.24) is 20.5 Å². The Morgan fingerprint density at radius 1 is 1.09 bits per heavy atom. The van der Waals surface area contributed by atoms with E-state index >= 15 is 0 Å². The van der Waals surface area contributed by atoms with Crippen molar-refractivity contribution < 1.29 is 9.59 Å². The maximum Gasteiger partial charge on any atom is 0.242 e. The zero-order valence-corrected chi connectivity index (χ0v) is 20.8. The summed E-state index contributed by atoms with van der Waals surface area (Å²) in [5, 5.41) is 6.81. The predicted molar refractivity (Wildman–Crippen MR) is 138 cm³/mol. The fourth-order valence-corrected chi connectivity index (χ4v) is 5.00. The number of nitrogens with one attached hydrogen (secondary N) is 2. The van der Waals surface area contributed by atoms with Crippen LogP contribution in [0.1, 0.15) is 53.1 Å². The predicted octanol–water partition coefficient (Wildman–Crippen LogP) is 4.43. The lowest BCUT2D eigenvalue weighted by atomic mass is 9.82. The average molecular weight is 491 g/mol. The molecule has 182 valence electrons. The molecule has 7 heteroatoms. The number of likely N-dealkylation sites (N-methyl/N-ethyl adjacent to an activating group) is 1. The van der Waals surface area contributed by atoms with Crippen LogP contribution in [0.15, 0.2) is 73.1 Å². The molecule has 0 bridgehead atoms. The molecule has 4 rings (SSSR count). The van der Waals surface area contributed by atoms with E-state index in [0.29, 0.717) is 5.02 Å². The number of fused-ring (bicyclic) bond motifs is 1. The van der Waals surface area contributed by atoms with Crippen LogP contribution in [0, 0.1) is 0 Å². The van der Waals surface area contributed by atoms with Gasteiger partial charge in [0, 0.05) is 24.0 Å². The molecule has 3 unspecified atom stereocenters. The molecule has 0 spiro atoms. The highest BCUT2D eigenvalue weighted by molar-refractivity contribution is 6.30. The summed E-state index contributed by atoms with van der Waals surface area (Å²) in [5.41, 5.74) is 3.97. The van der Waals surface area contributed by atoms with E-state index in [-0.39, 0.29) is 24.3 Å². The third-order valence-corrected chi connectivity index (χ3v) is 6.73. The molecule has 3 aromatic rings. The van der Waals surface area contributed by atoms with Crippen molar-refractivity contribution in [2.24, 2.45) is 0 Å². The lowest BCUT2D eigenvalue weighted by Crippen LogP contribution is -2.43. The molecular weight excluding hydrogens is 460 g/mol. The van der Waals surface area contributed by atoms with Gasteiger partial charge >= 0.3 is 0 Å². The molecular formula is C28H31ClN4O2. The van der Waals surface area contributed by atoms with Crippen molar-refractivity contribution in [3.63, 3.8) is 0 Å². The molecule has 1 aliphatic carbocycles. The number of benzene rings is 2. The van der Waals surface area contributed by atoms with Gasteiger partial charge in [-0.2, -0.15) is 0 Å². The molecule has 2 aromatic carbocycles. The Balaban J connectivity index is 1.53. The highest BCUT2D eigenvalue weighted by Crippen LogP contribution is 2.31. The molecule has 3 atom stereocenters. The summed E-state index contributed by atoms with van der Waals surface area (Å²) in [6.45, 7) is 0.261. The first-order valence-electron chi connectivity index (χ1n) is 11.9. The molecule has 35 heavy (non-hydrogen) atoms. The van der Waals surface area contributed by atoms with E-state index in [9.17, 15) is 9.59 Å². The molecule has 0 saturated heterocycles. The molecule has 0 fully saturated rings. The minimum atomic E-state index is -0.522. The number of aryl methyl sites for hydroxylation is 1. The standard InChI is InChI=1S/C28H31ClN4O2/c1-33(2)26(21-11-7-15-30-17-21)28(35)32-25(20-10-5-12-22(29)16-20)18-31-27(34)24-14-6-9-19-8-3-4-13-23(19)24/h3-5,7-8,10-13,15-17,24-26H,6,9,14,18H2,1-2H3,(H,31,34)(H,32,35). The second-order valence-corrected chi connectivity index (χ2v) is 9.59. The Morgan fingerprint density at radius 2 is 1.89 bits per heavy atom. The zero-order chi connectivity index (χ0) is 24.8. The number of nitrogens with zero attached hydrogens (tertiary/aromatic N) is 2. The van der Waals surface area contributed by atoms with Crippen LogP contribution in [0.5, 0.6) is 0 Å². The van der Waals surface area contributed by atoms with Crippen molar-refractivity contribution in [3.05, 3.63) is 100 Å². The van der Waals surface area contributed by atoms with E-state index in [1.807, 2.05) is 67.5 Å². The van der Waals surface area contributed by atoms with Crippen LogP contribution in [-0.2, 0) is 16.0 Å². The van der Waals surface area contributed by atoms with Crippen molar-refractivity contribution in [2.75, 3.05) is 20.6 Å². The molecule has 0 saturated carbocycles. The maximum absolute atomic E-state index is 13.4. The molecule has 2 N–H and O–H groups in total. The van der Waals surface area contributed by atoms with Crippen molar-refractivity contribution in [1.29, 1.82) is 0 Å². The van der Waals surface area contributed by atoms with Crippen molar-refractivity contribution >= 4 is 23.4 Å². The maximum atomic E-state index is 13.4. The van der Waals surface area contributed by atoms with Crippen LogP contribution in [0.25, 0.3) is 0 Å². The molecule has 1 aliphatic rings. The second kappa shape index (κ2) is 11.5. The minimum Gasteiger partial charge on any atom is -0.353 e. The number of hydrogen-bond acceptors (Lipinski definition) is 4. The number of carbonyl (C=O) groups excluding carboxylic acids is 2. The van der Waals surface area contributed by atoms with E-state index in [1.165, 1.54) is 5.56 Å². The van der Waals surface area contributed by atoms with Gasteiger partial charge in [0.1, 0.15) is 6.04 Å². The molecule has 1 aromatic heterocycles. The molecule has 2 amide bonds. The number of pyridine rings is 1. The van der Waals surface area contributed by atoms with E-state index in [4.69, 9.17) is 11.6 Å². The minimum absolute atomic E-state index is 0.0187. The lowest BCUT2D eigenvalue weighted by molar-refractivity contribution is -0.127. The second-order valence-electron chi connectivity index (χ2n) is 9.16. The van der Waals surface area contributed by atoms with Crippen LogP contribution in [-0.4, -0.2) is 42.3 Å². The first-order chi connectivity index (χ1) is 16.9. The summed E-state index contributed by atoms with van der Waals surface area (Å²) in [6.07, 6.45) is 6.18. The van der Waals surface area contributed by atoms with Gasteiger partial charge in [-0.25, -0.2) is 0 Å². The number of hydrogen-bond donors (Lipinski definition) is 2. The van der Waals surface area contributed by atoms with Gasteiger partial charge in [-0.3, -0.25) is 19.5 Å². The Bertz CT molecular complexity index is 1170. The van der Waals surface area contributed by atoms with Gasteiger partial charge in [-0.15, -0.1) is 0 Å². The highest BCUT2D eigenvalue weighted by Gasteiger charge is 2.29. The van der Waals surface area contributed by atoms with Gasteiger partial charge in [0.05, 0.1) is 12.0 Å². The summed E-state index contributed by atoms with van der Waals surface area (Å²) >= 11 is 6.26. The summed E-state index contributed by atoms with van der Waals surface area (Å²) in [5.74, 6) is -0.374. The van der Waals surface area contributed by atoms with E-state index in [1.54, 1.807) is 18.5 Å². The Hall–Kier alpha value is -3.22. The SMILES string of the molecule is CN(C)C(C(=O)NC(CNC(=O)C1CCCc2ccccc21)c1cccc(Cl)c1)c1cccnc1. The third-order valence-electron chi connectivity index (χ3n) is 6.50. The first-order valence-corrected chi connectivity index (χ1v) is 12.3. The monoisotopic (exact) mass is 490 g/mol. The van der Waals surface area contributed by atoms with Gasteiger partial charge in [0.15, 0.2) is 0 Å². The molecule has 1 heterocycles. The summed E-state index contributed by atoms with van der Waals surface area (Å²) in [6, 6.07) is 18.3. The lowest BCUT2D eigenvalue weighted by Gasteiger charge is -2.28. The van der Waals surface area contributed by atoms with Gasteiger partial charge in [-0.1, -0.05) is 54.1 Å². The largest absolute Gasteiger partial charge is 0.353 e.